The molecule has 2 aromatic carbocycles. The fourth-order valence-electron chi connectivity index (χ4n) is 3.81. The molecular weight excluding hydrogens is 470 g/mol. The number of benzene rings is 2. The molecule has 4 aromatic rings. The van der Waals surface area contributed by atoms with Gasteiger partial charge in [-0.2, -0.15) is 0 Å². The Bertz CT molecular complexity index is 1510. The second-order valence-corrected chi connectivity index (χ2v) is 8.19. The number of hydrogen-bond acceptors (Lipinski definition) is 7. The van der Waals surface area contributed by atoms with Gasteiger partial charge in [-0.1, -0.05) is 32.0 Å². The smallest absolute Gasteiger partial charge is 0.332 e. The highest BCUT2D eigenvalue weighted by Gasteiger charge is 2.17. The van der Waals surface area contributed by atoms with E-state index in [1.165, 1.54) is 13.1 Å². The van der Waals surface area contributed by atoms with Gasteiger partial charge in [-0.05, 0) is 42.9 Å². The van der Waals surface area contributed by atoms with E-state index < -0.39 is 22.9 Å². The van der Waals surface area contributed by atoms with Gasteiger partial charge in [0.2, 0.25) is 0 Å². The summed E-state index contributed by atoms with van der Waals surface area (Å²) in [6.07, 6.45) is 0. The number of rotatable bonds is 9. The van der Waals surface area contributed by atoms with Gasteiger partial charge in [0.1, 0.15) is 12.4 Å². The van der Waals surface area contributed by atoms with E-state index >= 15 is 0 Å². The van der Waals surface area contributed by atoms with E-state index in [0.717, 1.165) is 40.9 Å². The SMILES string of the molecule is CCN(CC)CCOc1cccc(-c2nnc3c(n2)c(=O)n(C)c(=O)n3Cc2ccc(F)c(F)c2)c1. The van der Waals surface area contributed by atoms with Gasteiger partial charge in [0.25, 0.3) is 5.56 Å². The zero-order valence-electron chi connectivity index (χ0n) is 20.2. The number of nitrogens with zero attached hydrogens (tertiary/aromatic N) is 6. The Morgan fingerprint density at radius 3 is 2.50 bits per heavy atom. The molecule has 11 heteroatoms. The van der Waals surface area contributed by atoms with Crippen LogP contribution >= 0.6 is 0 Å². The highest BCUT2D eigenvalue weighted by Crippen LogP contribution is 2.21. The van der Waals surface area contributed by atoms with Gasteiger partial charge < -0.3 is 9.64 Å². The van der Waals surface area contributed by atoms with Crippen molar-refractivity contribution in [2.45, 2.75) is 20.4 Å². The van der Waals surface area contributed by atoms with E-state index in [1.54, 1.807) is 18.2 Å². The summed E-state index contributed by atoms with van der Waals surface area (Å²) in [6, 6.07) is 10.4. The highest BCUT2D eigenvalue weighted by atomic mass is 19.2. The quantitative estimate of drug-likeness (QED) is 0.352. The van der Waals surface area contributed by atoms with Gasteiger partial charge >= 0.3 is 5.69 Å². The van der Waals surface area contributed by atoms with Crippen LogP contribution in [0.25, 0.3) is 22.6 Å². The molecule has 0 saturated carbocycles. The zero-order chi connectivity index (χ0) is 25.8. The normalized spacial score (nSPS) is 11.4. The van der Waals surface area contributed by atoms with Gasteiger partial charge in [0.05, 0.1) is 6.54 Å². The lowest BCUT2D eigenvalue weighted by Crippen LogP contribution is -2.39. The van der Waals surface area contributed by atoms with Crippen LogP contribution < -0.4 is 16.0 Å². The minimum absolute atomic E-state index is 0.0526. The number of fused-ring (bicyclic) bond motifs is 1. The monoisotopic (exact) mass is 496 g/mol. The Labute approximate surface area is 205 Å². The molecule has 0 radical (unpaired) electrons. The average molecular weight is 497 g/mol. The van der Waals surface area contributed by atoms with E-state index in [0.29, 0.717) is 23.5 Å². The predicted octanol–water partition coefficient (Wildman–Crippen LogP) is 2.60. The first-order chi connectivity index (χ1) is 17.3. The van der Waals surface area contributed by atoms with Gasteiger partial charge in [-0.15, -0.1) is 10.2 Å². The molecule has 4 rings (SSSR count). The third kappa shape index (κ3) is 5.15. The third-order valence-electron chi connectivity index (χ3n) is 5.94. The largest absolute Gasteiger partial charge is 0.492 e. The van der Waals surface area contributed by atoms with Crippen molar-refractivity contribution in [3.63, 3.8) is 0 Å². The first-order valence-electron chi connectivity index (χ1n) is 11.6. The number of ether oxygens (including phenoxy) is 1. The summed E-state index contributed by atoms with van der Waals surface area (Å²) in [6.45, 7) is 7.22. The van der Waals surface area contributed by atoms with E-state index in [-0.39, 0.29) is 23.5 Å². The maximum absolute atomic E-state index is 13.7. The van der Waals surface area contributed by atoms with Crippen molar-refractivity contribution in [3.8, 4) is 17.1 Å². The highest BCUT2D eigenvalue weighted by molar-refractivity contribution is 5.71. The van der Waals surface area contributed by atoms with Crippen molar-refractivity contribution in [1.82, 2.24) is 29.2 Å². The molecule has 0 fully saturated rings. The van der Waals surface area contributed by atoms with Crippen molar-refractivity contribution in [2.24, 2.45) is 7.05 Å². The second-order valence-electron chi connectivity index (χ2n) is 8.19. The lowest BCUT2D eigenvalue weighted by atomic mass is 10.2. The Hall–Kier alpha value is -3.99. The second kappa shape index (κ2) is 10.7. The summed E-state index contributed by atoms with van der Waals surface area (Å²) in [7, 11) is 1.32. The van der Waals surface area contributed by atoms with Gasteiger partial charge in [0, 0.05) is 19.2 Å². The first-order valence-corrected chi connectivity index (χ1v) is 11.6. The molecule has 0 amide bonds. The summed E-state index contributed by atoms with van der Waals surface area (Å²) in [5.41, 5.74) is -0.536. The maximum Gasteiger partial charge on any atom is 0.332 e. The molecule has 0 unspecified atom stereocenters. The molecule has 9 nitrogen and oxygen atoms in total. The van der Waals surface area contributed by atoms with Gasteiger partial charge in [-0.25, -0.2) is 18.6 Å². The summed E-state index contributed by atoms with van der Waals surface area (Å²) < 4.78 is 34.9. The van der Waals surface area contributed by atoms with Crippen molar-refractivity contribution in [3.05, 3.63) is 80.5 Å². The minimum atomic E-state index is -1.04. The predicted molar refractivity (Wildman–Crippen MR) is 131 cm³/mol. The van der Waals surface area contributed by atoms with E-state index in [4.69, 9.17) is 4.74 Å². The van der Waals surface area contributed by atoms with Gasteiger partial charge in [0.15, 0.2) is 28.6 Å². The van der Waals surface area contributed by atoms with Crippen LogP contribution in [0.4, 0.5) is 8.78 Å². The average Bonchev–Trinajstić information content (AvgIpc) is 2.89. The third-order valence-corrected chi connectivity index (χ3v) is 5.94. The fourth-order valence-corrected chi connectivity index (χ4v) is 3.81. The Balaban J connectivity index is 1.69. The van der Waals surface area contributed by atoms with Crippen LogP contribution in [0.3, 0.4) is 0 Å². The van der Waals surface area contributed by atoms with Crippen molar-refractivity contribution in [1.29, 1.82) is 0 Å². The summed E-state index contributed by atoms with van der Waals surface area (Å²) in [5, 5.41) is 8.25. The molecule has 2 heterocycles. The number of aromatic nitrogens is 5. The molecule has 2 aromatic heterocycles. The molecule has 0 saturated heterocycles. The van der Waals surface area contributed by atoms with Crippen LogP contribution in [0.15, 0.2) is 52.1 Å². The molecule has 0 aliphatic heterocycles. The number of hydrogen-bond donors (Lipinski definition) is 0. The van der Waals surface area contributed by atoms with Crippen LogP contribution in [0.2, 0.25) is 0 Å². The molecule has 0 N–H and O–H groups in total. The van der Waals surface area contributed by atoms with Crippen LogP contribution in [-0.4, -0.2) is 55.5 Å². The fraction of sp³-hybridized carbons (Fsp3) is 0.320. The van der Waals surface area contributed by atoms with E-state index in [2.05, 4.69) is 33.9 Å². The molecule has 188 valence electrons. The standard InChI is InChI=1S/C25H26F2N6O3/c1-4-32(5-2)11-12-36-18-8-6-7-17(14-18)22-28-21-23(30-29-22)33(25(35)31(3)24(21)34)15-16-9-10-19(26)20(27)13-16/h6-10,13-14H,4-5,11-12,15H2,1-3H3. The Kier molecular flexibility index (Phi) is 7.49. The van der Waals surface area contributed by atoms with Gasteiger partial charge in [-0.3, -0.25) is 13.9 Å². The minimum Gasteiger partial charge on any atom is -0.492 e. The summed E-state index contributed by atoms with van der Waals surface area (Å²) in [5.74, 6) is -1.23. The van der Waals surface area contributed by atoms with Crippen LogP contribution in [0.5, 0.6) is 5.75 Å². The molecule has 0 atom stereocenters. The Morgan fingerprint density at radius 2 is 1.78 bits per heavy atom. The van der Waals surface area contributed by atoms with Crippen molar-refractivity contribution in [2.75, 3.05) is 26.2 Å². The number of likely N-dealkylation sites (N-methyl/N-ethyl adjacent to an activating group) is 1. The van der Waals surface area contributed by atoms with E-state index in [9.17, 15) is 18.4 Å². The van der Waals surface area contributed by atoms with Crippen molar-refractivity contribution < 1.29 is 13.5 Å². The lowest BCUT2D eigenvalue weighted by molar-refractivity contribution is 0.223. The van der Waals surface area contributed by atoms with Crippen LogP contribution in [0.1, 0.15) is 19.4 Å². The zero-order valence-corrected chi connectivity index (χ0v) is 20.2. The lowest BCUT2D eigenvalue weighted by Gasteiger charge is -2.18. The molecule has 0 aliphatic rings. The number of halogens is 2. The molecule has 0 aliphatic carbocycles. The molecule has 36 heavy (non-hydrogen) atoms. The van der Waals surface area contributed by atoms with E-state index in [1.807, 2.05) is 6.07 Å². The first kappa shape index (κ1) is 25.1. The topological polar surface area (TPSA) is 95.1 Å². The molecule has 0 spiro atoms. The molecule has 0 bridgehead atoms. The van der Waals surface area contributed by atoms with Crippen molar-refractivity contribution >= 4 is 11.2 Å². The maximum atomic E-state index is 13.7. The van der Waals surface area contributed by atoms with Crippen LogP contribution in [0, 0.1) is 11.6 Å². The Morgan fingerprint density at radius 1 is 1.00 bits per heavy atom. The summed E-state index contributed by atoms with van der Waals surface area (Å²) >= 11 is 0. The molecular formula is C25H26F2N6O3. The van der Waals surface area contributed by atoms with Crippen LogP contribution in [-0.2, 0) is 13.6 Å². The summed E-state index contributed by atoms with van der Waals surface area (Å²) in [4.78, 5) is 32.3.